The van der Waals surface area contributed by atoms with Crippen molar-refractivity contribution < 1.29 is 9.50 Å². The van der Waals surface area contributed by atoms with Crippen molar-refractivity contribution in [2.45, 2.75) is 26.3 Å². The molecule has 1 aromatic carbocycles. The first-order chi connectivity index (χ1) is 7.24. The van der Waals surface area contributed by atoms with Gasteiger partial charge in [0.05, 0.1) is 0 Å². The summed E-state index contributed by atoms with van der Waals surface area (Å²) in [5.41, 5.74) is 1.78. The lowest BCUT2D eigenvalue weighted by Crippen LogP contribution is -2.16. The summed E-state index contributed by atoms with van der Waals surface area (Å²) in [7, 11) is 0. The van der Waals surface area contributed by atoms with Crippen LogP contribution in [0.15, 0.2) is 18.2 Å². The largest absolute Gasteiger partial charge is 0.396 e. The molecule has 2 N–H and O–H groups in total. The van der Waals surface area contributed by atoms with Gasteiger partial charge in [0, 0.05) is 18.7 Å². The number of benzene rings is 1. The molecule has 3 heteroatoms. The van der Waals surface area contributed by atoms with Crippen LogP contribution in [0.3, 0.4) is 0 Å². The minimum atomic E-state index is -0.157. The number of unbranched alkanes of at least 4 members (excludes halogenated alkanes) is 1. The second-order valence-electron chi connectivity index (χ2n) is 3.70. The van der Waals surface area contributed by atoms with Crippen molar-refractivity contribution >= 4 is 0 Å². The Morgan fingerprint density at radius 3 is 2.87 bits per heavy atom. The molecule has 0 atom stereocenters. The Hall–Kier alpha value is -0.930. The van der Waals surface area contributed by atoms with Crippen molar-refractivity contribution in [1.82, 2.24) is 5.32 Å². The third-order valence-corrected chi connectivity index (χ3v) is 2.28. The van der Waals surface area contributed by atoms with Crippen molar-refractivity contribution in [2.24, 2.45) is 0 Å². The second-order valence-corrected chi connectivity index (χ2v) is 3.70. The Labute approximate surface area is 90.1 Å². The summed E-state index contributed by atoms with van der Waals surface area (Å²) in [6.45, 7) is 3.54. The van der Waals surface area contributed by atoms with Crippen LogP contribution in [0.4, 0.5) is 4.39 Å². The molecule has 2 nitrogen and oxygen atoms in total. The van der Waals surface area contributed by atoms with Gasteiger partial charge in [0.2, 0.25) is 0 Å². The van der Waals surface area contributed by atoms with Gasteiger partial charge in [0.15, 0.2) is 0 Å². The zero-order valence-electron chi connectivity index (χ0n) is 9.09. The van der Waals surface area contributed by atoms with E-state index in [0.29, 0.717) is 12.1 Å². The van der Waals surface area contributed by atoms with Crippen LogP contribution < -0.4 is 5.32 Å². The van der Waals surface area contributed by atoms with Crippen LogP contribution in [0.2, 0.25) is 0 Å². The Balaban J connectivity index is 2.33. The van der Waals surface area contributed by atoms with Gasteiger partial charge < -0.3 is 10.4 Å². The van der Waals surface area contributed by atoms with Crippen LogP contribution in [0.1, 0.15) is 24.0 Å². The molecule has 0 spiro atoms. The van der Waals surface area contributed by atoms with Gasteiger partial charge in [0.1, 0.15) is 5.82 Å². The monoisotopic (exact) mass is 211 g/mol. The highest BCUT2D eigenvalue weighted by atomic mass is 19.1. The first-order valence-corrected chi connectivity index (χ1v) is 5.30. The molecule has 1 aromatic rings. The molecular weight excluding hydrogens is 193 g/mol. The maximum Gasteiger partial charge on any atom is 0.127 e. The molecule has 84 valence electrons. The van der Waals surface area contributed by atoms with E-state index >= 15 is 0 Å². The molecule has 1 rings (SSSR count). The molecule has 0 aliphatic carbocycles. The molecule has 0 heterocycles. The highest BCUT2D eigenvalue weighted by Gasteiger charge is 2.00. The number of aryl methyl sites for hydroxylation is 1. The first-order valence-electron chi connectivity index (χ1n) is 5.30. The van der Waals surface area contributed by atoms with Crippen molar-refractivity contribution in [3.05, 3.63) is 35.1 Å². The topological polar surface area (TPSA) is 32.3 Å². The lowest BCUT2D eigenvalue weighted by Gasteiger charge is -2.06. The summed E-state index contributed by atoms with van der Waals surface area (Å²) in [5, 5.41) is 11.7. The Morgan fingerprint density at radius 1 is 1.33 bits per heavy atom. The molecule has 0 saturated carbocycles. The van der Waals surface area contributed by atoms with Gasteiger partial charge in [-0.05, 0) is 32.4 Å². The van der Waals surface area contributed by atoms with Gasteiger partial charge in [-0.15, -0.1) is 0 Å². The predicted molar refractivity (Wildman–Crippen MR) is 59.2 cm³/mol. The highest BCUT2D eigenvalue weighted by Crippen LogP contribution is 2.09. The van der Waals surface area contributed by atoms with Gasteiger partial charge in [-0.1, -0.05) is 17.7 Å². The molecule has 0 fully saturated rings. The number of hydrogen-bond acceptors (Lipinski definition) is 2. The van der Waals surface area contributed by atoms with Gasteiger partial charge in [-0.25, -0.2) is 4.39 Å². The van der Waals surface area contributed by atoms with Crippen molar-refractivity contribution in [3.8, 4) is 0 Å². The molecule has 0 aliphatic heterocycles. The molecular formula is C12H18FNO. The Kier molecular flexibility index (Phi) is 5.29. The Bertz CT molecular complexity index is 302. The van der Waals surface area contributed by atoms with Gasteiger partial charge in [-0.2, -0.15) is 0 Å². The average Bonchev–Trinajstić information content (AvgIpc) is 2.23. The van der Waals surface area contributed by atoms with E-state index in [9.17, 15) is 4.39 Å². The average molecular weight is 211 g/mol. The summed E-state index contributed by atoms with van der Waals surface area (Å²) < 4.78 is 13.3. The van der Waals surface area contributed by atoms with Crippen LogP contribution in [-0.2, 0) is 6.54 Å². The number of aliphatic hydroxyl groups is 1. The molecule has 0 bridgehead atoms. The smallest absolute Gasteiger partial charge is 0.127 e. The highest BCUT2D eigenvalue weighted by molar-refractivity contribution is 5.23. The quantitative estimate of drug-likeness (QED) is 0.705. The maximum absolute atomic E-state index is 13.3. The fourth-order valence-electron chi connectivity index (χ4n) is 1.42. The van der Waals surface area contributed by atoms with Crippen LogP contribution >= 0.6 is 0 Å². The molecule has 0 amide bonds. The normalized spacial score (nSPS) is 10.6. The molecule has 0 unspecified atom stereocenters. The Morgan fingerprint density at radius 2 is 2.13 bits per heavy atom. The summed E-state index contributed by atoms with van der Waals surface area (Å²) in [6.07, 6.45) is 1.72. The predicted octanol–water partition coefficient (Wildman–Crippen LogP) is 2.00. The fraction of sp³-hybridized carbons (Fsp3) is 0.500. The van der Waals surface area contributed by atoms with E-state index in [4.69, 9.17) is 5.11 Å². The van der Waals surface area contributed by atoms with Crippen LogP contribution in [0.25, 0.3) is 0 Å². The summed E-state index contributed by atoms with van der Waals surface area (Å²) >= 11 is 0. The third-order valence-electron chi connectivity index (χ3n) is 2.28. The van der Waals surface area contributed by atoms with E-state index < -0.39 is 0 Å². The van der Waals surface area contributed by atoms with E-state index in [1.165, 1.54) is 6.07 Å². The van der Waals surface area contributed by atoms with E-state index in [1.54, 1.807) is 6.07 Å². The lowest BCUT2D eigenvalue weighted by molar-refractivity contribution is 0.283. The zero-order chi connectivity index (χ0) is 11.1. The SMILES string of the molecule is Cc1ccc(F)c(CNCCCCO)c1. The third kappa shape index (κ3) is 4.40. The minimum absolute atomic E-state index is 0.157. The number of halogens is 1. The van der Waals surface area contributed by atoms with Gasteiger partial charge in [-0.3, -0.25) is 0 Å². The van der Waals surface area contributed by atoms with Crippen molar-refractivity contribution in [1.29, 1.82) is 0 Å². The van der Waals surface area contributed by atoms with Gasteiger partial charge >= 0.3 is 0 Å². The fourth-order valence-corrected chi connectivity index (χ4v) is 1.42. The molecule has 15 heavy (non-hydrogen) atoms. The standard InChI is InChI=1S/C12H18FNO/c1-10-4-5-12(13)11(8-10)9-14-6-2-3-7-15/h4-5,8,14-15H,2-3,6-7,9H2,1H3. The van der Waals surface area contributed by atoms with Crippen LogP contribution in [0.5, 0.6) is 0 Å². The van der Waals surface area contributed by atoms with E-state index in [1.807, 2.05) is 13.0 Å². The maximum atomic E-state index is 13.3. The number of rotatable bonds is 6. The minimum Gasteiger partial charge on any atom is -0.396 e. The first kappa shape index (κ1) is 12.1. The van der Waals surface area contributed by atoms with Crippen molar-refractivity contribution in [3.63, 3.8) is 0 Å². The summed E-state index contributed by atoms with van der Waals surface area (Å²) in [4.78, 5) is 0. The summed E-state index contributed by atoms with van der Waals surface area (Å²) in [5.74, 6) is -0.157. The van der Waals surface area contributed by atoms with Gasteiger partial charge in [0.25, 0.3) is 0 Å². The van der Waals surface area contributed by atoms with E-state index in [-0.39, 0.29) is 12.4 Å². The number of hydrogen-bond donors (Lipinski definition) is 2. The number of nitrogens with one attached hydrogen (secondary N) is 1. The molecule has 0 saturated heterocycles. The summed E-state index contributed by atoms with van der Waals surface area (Å²) in [6, 6.07) is 5.12. The van der Waals surface area contributed by atoms with E-state index in [0.717, 1.165) is 24.9 Å². The number of aliphatic hydroxyl groups excluding tert-OH is 1. The van der Waals surface area contributed by atoms with Crippen LogP contribution in [0, 0.1) is 12.7 Å². The van der Waals surface area contributed by atoms with Crippen molar-refractivity contribution in [2.75, 3.05) is 13.2 Å². The van der Waals surface area contributed by atoms with E-state index in [2.05, 4.69) is 5.32 Å². The molecule has 0 radical (unpaired) electrons. The zero-order valence-corrected chi connectivity index (χ0v) is 9.09. The lowest BCUT2D eigenvalue weighted by atomic mass is 10.1. The molecule has 0 aromatic heterocycles. The molecule has 0 aliphatic rings. The second kappa shape index (κ2) is 6.53. The van der Waals surface area contributed by atoms with Crippen LogP contribution in [-0.4, -0.2) is 18.3 Å².